The Balaban J connectivity index is 1.53. The van der Waals surface area contributed by atoms with Crippen LogP contribution in [0.2, 0.25) is 0 Å². The fraction of sp³-hybridized carbons (Fsp3) is 0.400. The maximum Gasteiger partial charge on any atom is 0.253 e. The molecule has 4 nitrogen and oxygen atoms in total. The van der Waals surface area contributed by atoms with Crippen molar-refractivity contribution < 1.29 is 4.79 Å². The molecule has 4 heteroatoms. The van der Waals surface area contributed by atoms with Gasteiger partial charge in [0.2, 0.25) is 0 Å². The van der Waals surface area contributed by atoms with Crippen LogP contribution in [-0.4, -0.2) is 28.4 Å². The molecule has 3 unspecified atom stereocenters. The Morgan fingerprint density at radius 3 is 3.05 bits per heavy atom. The van der Waals surface area contributed by atoms with Crippen molar-refractivity contribution in [3.05, 3.63) is 42.2 Å². The minimum Gasteiger partial charge on any atom is -0.348 e. The molecule has 0 spiro atoms. The maximum atomic E-state index is 12.3. The monoisotopic (exact) mass is 255 g/mol. The Morgan fingerprint density at radius 1 is 1.32 bits per heavy atom. The lowest BCUT2D eigenvalue weighted by atomic mass is 9.95. The van der Waals surface area contributed by atoms with Crippen LogP contribution in [0.5, 0.6) is 0 Å². The van der Waals surface area contributed by atoms with E-state index in [1.807, 2.05) is 41.1 Å². The summed E-state index contributed by atoms with van der Waals surface area (Å²) in [6.45, 7) is 0. The van der Waals surface area contributed by atoms with Crippen molar-refractivity contribution in [1.82, 2.24) is 15.0 Å². The smallest absolute Gasteiger partial charge is 0.253 e. The number of hydrogen-bond acceptors (Lipinski definition) is 2. The van der Waals surface area contributed by atoms with Crippen molar-refractivity contribution in [2.45, 2.75) is 37.4 Å². The predicted molar refractivity (Wildman–Crippen MR) is 73.2 cm³/mol. The molecule has 2 saturated heterocycles. The molecule has 0 aromatic carbocycles. The van der Waals surface area contributed by atoms with Crippen LogP contribution in [0.25, 0.3) is 5.52 Å². The topological polar surface area (TPSA) is 45.5 Å². The summed E-state index contributed by atoms with van der Waals surface area (Å²) in [5.41, 5.74) is 1.84. The standard InChI is InChI=1S/C15H17N3O/c19-15(17-14-8-11-4-6-13(14)16-11)10-3-5-12-2-1-7-18(12)9-10/h1-3,5,7,9,11,13-14,16H,4,6,8H2,(H,17,19). The second-order valence-electron chi connectivity index (χ2n) is 5.62. The average Bonchev–Trinajstić information content (AvgIpc) is 3.13. The van der Waals surface area contributed by atoms with Gasteiger partial charge in [0.05, 0.1) is 5.56 Å². The molecule has 2 aliphatic heterocycles. The molecule has 2 aliphatic rings. The van der Waals surface area contributed by atoms with Gasteiger partial charge < -0.3 is 15.0 Å². The third-order valence-electron chi connectivity index (χ3n) is 4.40. The van der Waals surface area contributed by atoms with Gasteiger partial charge in [0.25, 0.3) is 5.91 Å². The molecular formula is C15H17N3O. The zero-order valence-electron chi connectivity index (χ0n) is 10.7. The van der Waals surface area contributed by atoms with E-state index in [9.17, 15) is 4.79 Å². The van der Waals surface area contributed by atoms with Gasteiger partial charge >= 0.3 is 0 Å². The highest BCUT2D eigenvalue weighted by atomic mass is 16.1. The first-order valence-corrected chi connectivity index (χ1v) is 6.93. The van der Waals surface area contributed by atoms with Crippen molar-refractivity contribution in [2.24, 2.45) is 0 Å². The molecule has 4 rings (SSSR count). The number of pyridine rings is 1. The van der Waals surface area contributed by atoms with E-state index in [-0.39, 0.29) is 5.91 Å². The van der Waals surface area contributed by atoms with Crippen LogP contribution >= 0.6 is 0 Å². The third-order valence-corrected chi connectivity index (χ3v) is 4.40. The van der Waals surface area contributed by atoms with E-state index in [1.165, 1.54) is 12.8 Å². The fourth-order valence-corrected chi connectivity index (χ4v) is 3.40. The molecule has 3 atom stereocenters. The number of aromatic nitrogens is 1. The molecule has 0 radical (unpaired) electrons. The SMILES string of the molecule is O=C(NC1CC2CCC1N2)c1ccc2cccn2c1. The number of rotatable bonds is 2. The van der Waals surface area contributed by atoms with Crippen molar-refractivity contribution in [1.29, 1.82) is 0 Å². The minimum atomic E-state index is 0.0370. The molecule has 98 valence electrons. The predicted octanol–water partition coefficient (Wildman–Crippen LogP) is 1.56. The number of hydrogen-bond donors (Lipinski definition) is 2. The molecule has 2 aromatic heterocycles. The second-order valence-corrected chi connectivity index (χ2v) is 5.62. The second kappa shape index (κ2) is 4.10. The maximum absolute atomic E-state index is 12.3. The highest BCUT2D eigenvalue weighted by Gasteiger charge is 2.39. The molecular weight excluding hydrogens is 238 g/mol. The van der Waals surface area contributed by atoms with E-state index in [1.54, 1.807) is 0 Å². The Morgan fingerprint density at radius 2 is 2.26 bits per heavy atom. The largest absolute Gasteiger partial charge is 0.348 e. The minimum absolute atomic E-state index is 0.0370. The molecule has 2 N–H and O–H groups in total. The Hall–Kier alpha value is -1.81. The zero-order chi connectivity index (χ0) is 12.8. The van der Waals surface area contributed by atoms with Gasteiger partial charge in [0, 0.05) is 36.0 Å². The van der Waals surface area contributed by atoms with Gasteiger partial charge in [-0.25, -0.2) is 0 Å². The summed E-state index contributed by atoms with van der Waals surface area (Å²) in [5.74, 6) is 0.0370. The lowest BCUT2D eigenvalue weighted by Gasteiger charge is -2.21. The van der Waals surface area contributed by atoms with Gasteiger partial charge in [-0.3, -0.25) is 4.79 Å². The molecule has 19 heavy (non-hydrogen) atoms. The Kier molecular flexibility index (Phi) is 2.38. The van der Waals surface area contributed by atoms with Crippen molar-refractivity contribution >= 4 is 11.4 Å². The van der Waals surface area contributed by atoms with E-state index < -0.39 is 0 Å². The zero-order valence-corrected chi connectivity index (χ0v) is 10.7. The molecule has 0 saturated carbocycles. The van der Waals surface area contributed by atoms with E-state index in [2.05, 4.69) is 10.6 Å². The number of nitrogens with one attached hydrogen (secondary N) is 2. The summed E-state index contributed by atoms with van der Waals surface area (Å²) in [4.78, 5) is 12.3. The summed E-state index contributed by atoms with van der Waals surface area (Å²) in [6.07, 6.45) is 7.37. The number of fused-ring (bicyclic) bond motifs is 3. The molecule has 2 aromatic rings. The first-order chi connectivity index (χ1) is 9.29. The van der Waals surface area contributed by atoms with Gasteiger partial charge in [0.1, 0.15) is 0 Å². The molecule has 1 amide bonds. The van der Waals surface area contributed by atoms with Crippen molar-refractivity contribution in [2.75, 3.05) is 0 Å². The highest BCUT2D eigenvalue weighted by molar-refractivity contribution is 5.94. The van der Waals surface area contributed by atoms with Gasteiger partial charge in [-0.1, -0.05) is 0 Å². The normalized spacial score (nSPS) is 28.9. The van der Waals surface area contributed by atoms with Gasteiger partial charge in [-0.15, -0.1) is 0 Å². The third kappa shape index (κ3) is 1.83. The average molecular weight is 255 g/mol. The Bertz CT molecular complexity index is 633. The van der Waals surface area contributed by atoms with Crippen LogP contribution in [0.15, 0.2) is 36.7 Å². The van der Waals surface area contributed by atoms with Gasteiger partial charge in [0.15, 0.2) is 0 Å². The van der Waals surface area contributed by atoms with E-state index in [0.29, 0.717) is 18.1 Å². The lowest BCUT2D eigenvalue weighted by Crippen LogP contribution is -2.42. The summed E-state index contributed by atoms with van der Waals surface area (Å²) in [5, 5.41) is 6.71. The highest BCUT2D eigenvalue weighted by Crippen LogP contribution is 2.28. The molecule has 0 aliphatic carbocycles. The fourth-order valence-electron chi connectivity index (χ4n) is 3.40. The van der Waals surface area contributed by atoms with Crippen molar-refractivity contribution in [3.63, 3.8) is 0 Å². The first-order valence-electron chi connectivity index (χ1n) is 6.93. The molecule has 2 fully saturated rings. The quantitative estimate of drug-likeness (QED) is 0.855. The van der Waals surface area contributed by atoms with Crippen molar-refractivity contribution in [3.8, 4) is 0 Å². The van der Waals surface area contributed by atoms with Crippen LogP contribution in [0.4, 0.5) is 0 Å². The van der Waals surface area contributed by atoms with Crippen LogP contribution < -0.4 is 10.6 Å². The lowest BCUT2D eigenvalue weighted by molar-refractivity contribution is 0.0930. The Labute approximate surface area is 111 Å². The number of carbonyl (C=O) groups is 1. The summed E-state index contributed by atoms with van der Waals surface area (Å²) in [6, 6.07) is 9.27. The molecule has 2 bridgehead atoms. The van der Waals surface area contributed by atoms with Gasteiger partial charge in [-0.2, -0.15) is 0 Å². The van der Waals surface area contributed by atoms with E-state index in [0.717, 1.165) is 17.5 Å². The van der Waals surface area contributed by atoms with Gasteiger partial charge in [-0.05, 0) is 43.5 Å². The van der Waals surface area contributed by atoms with Crippen LogP contribution in [0.3, 0.4) is 0 Å². The summed E-state index contributed by atoms with van der Waals surface area (Å²) < 4.78 is 1.98. The molecule has 4 heterocycles. The van der Waals surface area contributed by atoms with E-state index >= 15 is 0 Å². The van der Waals surface area contributed by atoms with Crippen LogP contribution in [-0.2, 0) is 0 Å². The number of carbonyl (C=O) groups excluding carboxylic acids is 1. The first kappa shape index (κ1) is 11.1. The van der Waals surface area contributed by atoms with E-state index in [4.69, 9.17) is 0 Å². The van der Waals surface area contributed by atoms with Crippen LogP contribution in [0.1, 0.15) is 29.6 Å². The van der Waals surface area contributed by atoms with Crippen LogP contribution in [0, 0.1) is 0 Å². The number of amides is 1. The summed E-state index contributed by atoms with van der Waals surface area (Å²) in [7, 11) is 0. The number of nitrogens with zero attached hydrogens (tertiary/aromatic N) is 1. The summed E-state index contributed by atoms with van der Waals surface area (Å²) >= 11 is 0.